The maximum Gasteiger partial charge on any atom is 0.289 e. The van der Waals surface area contributed by atoms with Crippen LogP contribution in [0.15, 0.2) is 35.6 Å². The Hall–Kier alpha value is -3.55. The summed E-state index contributed by atoms with van der Waals surface area (Å²) in [5.74, 6) is -2.63. The number of likely N-dealkylation sites (tertiary alicyclic amines) is 1. The van der Waals surface area contributed by atoms with Gasteiger partial charge in [-0.2, -0.15) is 5.10 Å². The van der Waals surface area contributed by atoms with Crippen LogP contribution in [0.1, 0.15) is 41.1 Å². The van der Waals surface area contributed by atoms with Crippen LogP contribution in [-0.4, -0.2) is 70.1 Å². The van der Waals surface area contributed by atoms with E-state index in [1.165, 1.54) is 36.2 Å². The van der Waals surface area contributed by atoms with E-state index in [4.69, 9.17) is 11.6 Å². The number of nitrogens with zero attached hydrogens (tertiary/aromatic N) is 3. The minimum Gasteiger partial charge on any atom is -0.504 e. The average molecular weight is 524 g/mol. The number of carbonyl (C=O) groups is 3. The number of rotatable bonds is 8. The van der Waals surface area contributed by atoms with Crippen molar-refractivity contribution in [3.8, 4) is 11.5 Å². The lowest BCUT2D eigenvalue weighted by Crippen LogP contribution is -2.57. The van der Waals surface area contributed by atoms with Gasteiger partial charge in [-0.25, -0.2) is 14.6 Å². The molecule has 186 valence electrons. The smallest absolute Gasteiger partial charge is 0.289 e. The van der Waals surface area contributed by atoms with E-state index >= 15 is 0 Å². The van der Waals surface area contributed by atoms with Gasteiger partial charge in [-0.05, 0) is 38.1 Å². The molecule has 1 saturated heterocycles. The molecule has 3 rings (SSSR count). The number of phenolic OH excluding ortho intramolecular Hbond substituents is 2. The first-order valence-electron chi connectivity index (χ1n) is 10.2. The molecule has 1 unspecified atom stereocenters. The van der Waals surface area contributed by atoms with Crippen molar-refractivity contribution in [1.82, 2.24) is 15.3 Å². The Morgan fingerprint density at radius 3 is 2.60 bits per heavy atom. The number of amides is 3. The standard InChI is InChI=1S/C21H22ClN5O7S/c1-11-7-16(29)27(11)10-21(2,35(33)34)9-24-26-20(32)14-5-3-12(8-23-14)25-19(31)13-4-6-15(28)18(30)17(13)22/h3-6,8-9,11,28,30H,7,10H2,1-2H3,(H,25,31)(H,26,32)(H,33,34)/b24-9+/t11-,21+/m1/s1. The molecule has 14 heteroatoms. The van der Waals surface area contributed by atoms with Crippen LogP contribution in [0.2, 0.25) is 5.02 Å². The van der Waals surface area contributed by atoms with E-state index < -0.39 is 39.1 Å². The molecule has 12 nitrogen and oxygen atoms in total. The van der Waals surface area contributed by atoms with E-state index in [9.17, 15) is 33.4 Å². The van der Waals surface area contributed by atoms with Crippen LogP contribution in [0.5, 0.6) is 11.5 Å². The maximum absolute atomic E-state index is 12.4. The third-order valence-electron chi connectivity index (χ3n) is 5.30. The summed E-state index contributed by atoms with van der Waals surface area (Å²) in [7, 11) is 0. The van der Waals surface area contributed by atoms with Crippen LogP contribution in [-0.2, 0) is 15.9 Å². The molecule has 0 spiro atoms. The summed E-state index contributed by atoms with van der Waals surface area (Å²) in [6, 6.07) is 4.99. The quantitative estimate of drug-likeness (QED) is 0.114. The number of halogens is 1. The van der Waals surface area contributed by atoms with Gasteiger partial charge in [0.25, 0.3) is 11.8 Å². The molecule has 1 aliphatic rings. The second kappa shape index (κ2) is 10.4. The topological polar surface area (TPSA) is 182 Å². The monoisotopic (exact) mass is 523 g/mol. The fraction of sp³-hybridized carbons (Fsp3) is 0.286. The van der Waals surface area contributed by atoms with Crippen LogP contribution in [0, 0.1) is 0 Å². The second-order valence-electron chi connectivity index (χ2n) is 8.02. The van der Waals surface area contributed by atoms with Crippen molar-refractivity contribution in [2.24, 2.45) is 5.10 Å². The Bertz CT molecular complexity index is 1220. The molecular formula is C21H22ClN5O7S. The first-order valence-corrected chi connectivity index (χ1v) is 11.6. The van der Waals surface area contributed by atoms with E-state index in [2.05, 4.69) is 20.8 Å². The van der Waals surface area contributed by atoms with Gasteiger partial charge >= 0.3 is 0 Å². The summed E-state index contributed by atoms with van der Waals surface area (Å²) >= 11 is 3.51. The Labute approximate surface area is 207 Å². The van der Waals surface area contributed by atoms with Gasteiger partial charge in [0.1, 0.15) is 10.4 Å². The largest absolute Gasteiger partial charge is 0.504 e. The summed E-state index contributed by atoms with van der Waals surface area (Å²) in [6.45, 7) is 3.22. The number of hydrogen-bond donors (Lipinski definition) is 5. The second-order valence-corrected chi connectivity index (χ2v) is 9.83. The third kappa shape index (κ3) is 5.75. The van der Waals surface area contributed by atoms with Gasteiger partial charge in [0, 0.05) is 25.2 Å². The average Bonchev–Trinajstić information content (AvgIpc) is 2.81. The highest BCUT2D eigenvalue weighted by molar-refractivity contribution is 7.81. The zero-order valence-electron chi connectivity index (χ0n) is 18.6. The molecule has 35 heavy (non-hydrogen) atoms. The summed E-state index contributed by atoms with van der Waals surface area (Å²) in [4.78, 5) is 41.8. The molecule has 0 radical (unpaired) electrons. The number of hydrazone groups is 1. The molecule has 2 heterocycles. The lowest BCUT2D eigenvalue weighted by atomic mass is 10.0. The highest BCUT2D eigenvalue weighted by Crippen LogP contribution is 2.35. The number of anilines is 1. The summed E-state index contributed by atoms with van der Waals surface area (Å²) in [5, 5.41) is 25.0. The zero-order valence-corrected chi connectivity index (χ0v) is 20.1. The van der Waals surface area contributed by atoms with Crippen molar-refractivity contribution in [2.75, 3.05) is 11.9 Å². The van der Waals surface area contributed by atoms with Crippen molar-refractivity contribution >= 4 is 52.3 Å². The predicted octanol–water partition coefficient (Wildman–Crippen LogP) is 1.72. The summed E-state index contributed by atoms with van der Waals surface area (Å²) in [5.41, 5.74) is 2.28. The minimum absolute atomic E-state index is 0.0368. The van der Waals surface area contributed by atoms with Crippen molar-refractivity contribution in [2.45, 2.75) is 31.1 Å². The molecular weight excluding hydrogens is 502 g/mol. The normalized spacial score (nSPS) is 18.0. The van der Waals surface area contributed by atoms with Gasteiger partial charge in [0.05, 0.1) is 22.5 Å². The van der Waals surface area contributed by atoms with E-state index in [0.29, 0.717) is 6.42 Å². The van der Waals surface area contributed by atoms with Crippen molar-refractivity contribution < 1.29 is 33.4 Å². The first kappa shape index (κ1) is 26.1. The van der Waals surface area contributed by atoms with E-state index in [1.807, 2.05) is 6.92 Å². The number of nitrogens with one attached hydrogen (secondary N) is 2. The number of pyridine rings is 1. The molecule has 1 aromatic carbocycles. The van der Waals surface area contributed by atoms with Crippen LogP contribution in [0.25, 0.3) is 0 Å². The summed E-state index contributed by atoms with van der Waals surface area (Å²) < 4.78 is 20.1. The van der Waals surface area contributed by atoms with Crippen LogP contribution in [0.3, 0.4) is 0 Å². The molecule has 2 aromatic rings. The van der Waals surface area contributed by atoms with Gasteiger partial charge in [-0.1, -0.05) is 11.6 Å². The Kier molecular flexibility index (Phi) is 7.73. The van der Waals surface area contributed by atoms with Gasteiger partial charge < -0.3 is 25.0 Å². The zero-order chi connectivity index (χ0) is 25.9. The Morgan fingerprint density at radius 2 is 2.03 bits per heavy atom. The van der Waals surface area contributed by atoms with Gasteiger partial charge in [-0.3, -0.25) is 14.4 Å². The number of aromatic nitrogens is 1. The summed E-state index contributed by atoms with van der Waals surface area (Å²) in [6.07, 6.45) is 2.67. The number of phenols is 2. The molecule has 1 aliphatic heterocycles. The molecule has 3 atom stereocenters. The molecule has 0 saturated carbocycles. The lowest BCUT2D eigenvalue weighted by Gasteiger charge is -2.41. The minimum atomic E-state index is -2.36. The SMILES string of the molecule is C[C@@H]1CC(=O)N1C[C@](C)(/C=N/NC(=O)c1ccc(NC(=O)c2ccc(O)c(O)c2Cl)cn1)S(=O)O. The molecule has 5 N–H and O–H groups in total. The van der Waals surface area contributed by atoms with Crippen LogP contribution >= 0.6 is 11.6 Å². The third-order valence-corrected chi connectivity index (χ3v) is 6.72. The Morgan fingerprint density at radius 1 is 1.31 bits per heavy atom. The van der Waals surface area contributed by atoms with Crippen LogP contribution in [0.4, 0.5) is 5.69 Å². The van der Waals surface area contributed by atoms with Gasteiger partial charge in [0.2, 0.25) is 5.91 Å². The van der Waals surface area contributed by atoms with E-state index in [-0.39, 0.29) is 40.5 Å². The molecule has 1 aromatic heterocycles. The molecule has 0 aliphatic carbocycles. The van der Waals surface area contributed by atoms with Crippen LogP contribution < -0.4 is 10.7 Å². The van der Waals surface area contributed by atoms with Gasteiger partial charge in [0.15, 0.2) is 22.6 Å². The predicted molar refractivity (Wildman–Crippen MR) is 128 cm³/mol. The molecule has 3 amide bonds. The number of benzene rings is 1. The first-order chi connectivity index (χ1) is 16.4. The maximum atomic E-state index is 12.4. The van der Waals surface area contributed by atoms with E-state index in [1.54, 1.807) is 0 Å². The molecule has 0 bridgehead atoms. The van der Waals surface area contributed by atoms with E-state index in [0.717, 1.165) is 12.3 Å². The number of hydrogen-bond acceptors (Lipinski definition) is 8. The number of carbonyl (C=O) groups excluding carboxylic acids is 3. The van der Waals surface area contributed by atoms with Crippen molar-refractivity contribution in [3.05, 3.63) is 46.7 Å². The lowest BCUT2D eigenvalue weighted by molar-refractivity contribution is -0.145. The van der Waals surface area contributed by atoms with Crippen molar-refractivity contribution in [3.63, 3.8) is 0 Å². The number of β-lactam (4-membered cyclic amide) rings is 1. The highest BCUT2D eigenvalue weighted by atomic mass is 35.5. The van der Waals surface area contributed by atoms with Crippen molar-refractivity contribution in [1.29, 1.82) is 0 Å². The number of aromatic hydroxyl groups is 2. The van der Waals surface area contributed by atoms with Gasteiger partial charge in [-0.15, -0.1) is 0 Å². The fourth-order valence-corrected chi connectivity index (χ4v) is 3.79. The highest BCUT2D eigenvalue weighted by Gasteiger charge is 2.40. The molecule has 1 fully saturated rings. The Balaban J connectivity index is 1.62. The fourth-order valence-electron chi connectivity index (χ4n) is 3.15.